The van der Waals surface area contributed by atoms with E-state index in [-0.39, 0.29) is 0 Å². The first-order valence-electron chi connectivity index (χ1n) is 11.4. The standard InChI is InChI=1S/C18H54Br2Si9/c1-21(2,3)28(22(4,5)6,23(7,8)9)27(19,20)29(24(10,11)12,25(13,14)15)26(16,17)18/h1-18H3. The summed E-state index contributed by atoms with van der Waals surface area (Å²) in [6.07, 6.45) is -3.08. The lowest BCUT2D eigenvalue weighted by molar-refractivity contribution is 1.75. The fraction of sp³-hybridized carbons (Fsp3) is 1.00. The third-order valence-electron chi connectivity index (χ3n) is 7.69. The molecule has 0 aliphatic heterocycles. The molecule has 29 heavy (non-hydrogen) atoms. The molecular formula is C18H54Br2Si9. The van der Waals surface area contributed by atoms with Crippen LogP contribution in [0.4, 0.5) is 0 Å². The number of hydrogen-bond donors (Lipinski definition) is 0. The summed E-state index contributed by atoms with van der Waals surface area (Å²) >= 11 is 10.1. The predicted molar refractivity (Wildman–Crippen MR) is 175 cm³/mol. The molecular weight excluding hydrogens is 629 g/mol. The minimum Gasteiger partial charge on any atom is -0.120 e. The van der Waals surface area contributed by atoms with E-state index in [4.69, 9.17) is 30.6 Å². The molecule has 0 fully saturated rings. The zero-order valence-corrected chi connectivity index (χ0v) is 35.4. The number of hydrogen-bond acceptors (Lipinski definition) is 0. The summed E-state index contributed by atoms with van der Waals surface area (Å²) in [5, 5.41) is 0. The van der Waals surface area contributed by atoms with Gasteiger partial charge in [0.05, 0.1) is 12.3 Å². The first kappa shape index (κ1) is 31.9. The highest BCUT2D eigenvalue weighted by molar-refractivity contribution is 9.57. The van der Waals surface area contributed by atoms with E-state index in [0.717, 1.165) is 0 Å². The number of halogens is 2. The van der Waals surface area contributed by atoms with Gasteiger partial charge in [-0.05, 0) is 0 Å². The zero-order chi connectivity index (χ0) is 24.5. The van der Waals surface area contributed by atoms with Gasteiger partial charge in [-0.3, -0.25) is 0 Å². The minimum absolute atomic E-state index is 1.36. The van der Waals surface area contributed by atoms with Crippen LogP contribution in [-0.4, -0.2) is 62.2 Å². The molecule has 0 aliphatic rings. The quantitative estimate of drug-likeness (QED) is 0.177. The van der Waals surface area contributed by atoms with Crippen LogP contribution in [0.5, 0.6) is 0 Å². The van der Waals surface area contributed by atoms with E-state index in [1.54, 1.807) is 0 Å². The molecule has 0 aliphatic carbocycles. The molecule has 0 amide bonds. The third-order valence-corrected chi connectivity index (χ3v) is 292. The Morgan fingerprint density at radius 3 is 0.448 bits per heavy atom. The van der Waals surface area contributed by atoms with Crippen molar-refractivity contribution in [1.82, 2.24) is 0 Å². The molecule has 0 bridgehead atoms. The van der Waals surface area contributed by atoms with Gasteiger partial charge in [-0.2, -0.15) is 0 Å². The predicted octanol–water partition coefficient (Wildman–Crippen LogP) is 8.77. The molecule has 11 heteroatoms. The van der Waals surface area contributed by atoms with E-state index in [2.05, 4.69) is 118 Å². The summed E-state index contributed by atoms with van der Waals surface area (Å²) < 4.78 is -1.80. The Morgan fingerprint density at radius 1 is 0.276 bits per heavy atom. The van der Waals surface area contributed by atoms with Gasteiger partial charge in [0.25, 0.3) is 0 Å². The summed E-state index contributed by atoms with van der Waals surface area (Å²) in [7, 11) is -8.15. The monoisotopic (exact) mass is 680 g/mol. The lowest BCUT2D eigenvalue weighted by Crippen LogP contribution is -3.04. The molecule has 0 saturated heterocycles. The maximum absolute atomic E-state index is 5.03. The molecule has 0 nitrogen and oxygen atoms in total. The molecule has 0 spiro atoms. The zero-order valence-electron chi connectivity index (χ0n) is 23.3. The molecule has 0 aromatic rings. The summed E-state index contributed by atoms with van der Waals surface area (Å²) in [5.41, 5.74) is 0. The van der Waals surface area contributed by atoms with Crippen LogP contribution in [0.25, 0.3) is 0 Å². The lowest BCUT2D eigenvalue weighted by atomic mass is 11.8. The molecule has 0 atom stereocenters. The molecule has 0 aromatic carbocycles. The van der Waals surface area contributed by atoms with E-state index in [1.165, 1.54) is 0 Å². The number of rotatable bonds is 8. The van der Waals surface area contributed by atoms with Crippen molar-refractivity contribution >= 4 is 92.8 Å². The second kappa shape index (κ2) is 8.54. The van der Waals surface area contributed by atoms with Crippen LogP contribution in [0, 0.1) is 0 Å². The molecule has 0 heterocycles. The average Bonchev–Trinajstić information content (AvgIpc) is 2.12. The van der Waals surface area contributed by atoms with Gasteiger partial charge in [-0.25, -0.2) is 0 Å². The van der Waals surface area contributed by atoms with Gasteiger partial charge < -0.3 is 0 Å². The van der Waals surface area contributed by atoms with Crippen LogP contribution >= 0.6 is 30.6 Å². The lowest BCUT2D eigenvalue weighted by Gasteiger charge is -2.72. The molecule has 0 aromatic heterocycles. The smallest absolute Gasteiger partial charge is 0.120 e. The fourth-order valence-electron chi connectivity index (χ4n) is 9.86. The Labute approximate surface area is 208 Å². The van der Waals surface area contributed by atoms with Crippen molar-refractivity contribution in [2.24, 2.45) is 0 Å². The molecule has 0 N–H and O–H groups in total. The first-order chi connectivity index (χ1) is 12.0. The Hall–Kier alpha value is 2.91. The second-order valence-electron chi connectivity index (χ2n) is 15.6. The van der Waals surface area contributed by atoms with Crippen molar-refractivity contribution in [3.63, 3.8) is 0 Å². The molecule has 0 rings (SSSR count). The Bertz CT molecular complexity index is 468. The molecule has 0 saturated carbocycles. The van der Waals surface area contributed by atoms with E-state index in [0.29, 0.717) is 0 Å². The second-order valence-corrected chi connectivity index (χ2v) is 135. The first-order valence-corrected chi connectivity index (χ1v) is 50.9. The van der Waals surface area contributed by atoms with Crippen LogP contribution < -0.4 is 0 Å². The van der Waals surface area contributed by atoms with Crippen molar-refractivity contribution in [1.29, 1.82) is 0 Å². The van der Waals surface area contributed by atoms with Gasteiger partial charge in [0.15, 0.2) is 4.35 Å². The van der Waals surface area contributed by atoms with E-state index in [1.807, 2.05) is 0 Å². The van der Waals surface area contributed by atoms with Crippen LogP contribution in [0.3, 0.4) is 0 Å². The molecule has 0 radical (unpaired) electrons. The van der Waals surface area contributed by atoms with Crippen molar-refractivity contribution in [3.8, 4) is 0 Å². The van der Waals surface area contributed by atoms with Crippen molar-refractivity contribution in [3.05, 3.63) is 0 Å². The summed E-state index contributed by atoms with van der Waals surface area (Å²) in [6, 6.07) is 0. The van der Waals surface area contributed by atoms with E-state index >= 15 is 0 Å². The fourth-order valence-corrected chi connectivity index (χ4v) is 580. The molecule has 176 valence electrons. The Kier molecular flexibility index (Phi) is 9.40. The minimum atomic E-state index is -1.80. The maximum atomic E-state index is 5.03. The topological polar surface area (TPSA) is 0 Å². The summed E-state index contributed by atoms with van der Waals surface area (Å²) in [6.45, 7) is 50.7. The van der Waals surface area contributed by atoms with Crippen LogP contribution in [0.15, 0.2) is 0 Å². The van der Waals surface area contributed by atoms with Crippen LogP contribution in [0.2, 0.25) is 118 Å². The normalized spacial score (nSPS) is 17.0. The van der Waals surface area contributed by atoms with E-state index in [9.17, 15) is 0 Å². The highest BCUT2D eigenvalue weighted by Crippen LogP contribution is 2.58. The van der Waals surface area contributed by atoms with Crippen molar-refractivity contribution in [2.45, 2.75) is 118 Å². The van der Waals surface area contributed by atoms with E-state index < -0.39 is 62.2 Å². The highest BCUT2D eigenvalue weighted by atomic mass is 79.9. The van der Waals surface area contributed by atoms with Gasteiger partial charge in [0.2, 0.25) is 0 Å². The SMILES string of the molecule is C[Si](C)(C)[Si]([Si](C)(C)C)([Si](C)(C)C)[Si](Br)(Br)[Si]([Si](C)(C)C)([Si](C)(C)C)[Si](C)(C)C. The van der Waals surface area contributed by atoms with Gasteiger partial charge in [0, 0.05) is 45.5 Å². The highest BCUT2D eigenvalue weighted by Gasteiger charge is 2.82. The van der Waals surface area contributed by atoms with Crippen molar-refractivity contribution in [2.75, 3.05) is 0 Å². The van der Waals surface area contributed by atoms with Gasteiger partial charge >= 0.3 is 0 Å². The van der Waals surface area contributed by atoms with Crippen LogP contribution in [-0.2, 0) is 0 Å². The maximum Gasteiger partial charge on any atom is 0.168 e. The van der Waals surface area contributed by atoms with Gasteiger partial charge in [0.1, 0.15) is 0 Å². The van der Waals surface area contributed by atoms with Crippen LogP contribution in [0.1, 0.15) is 0 Å². The molecule has 0 unspecified atom stereocenters. The Morgan fingerprint density at radius 2 is 0.379 bits per heavy atom. The van der Waals surface area contributed by atoms with Crippen molar-refractivity contribution < 1.29 is 0 Å². The summed E-state index contributed by atoms with van der Waals surface area (Å²) in [5.74, 6) is 0. The third kappa shape index (κ3) is 4.60. The van der Waals surface area contributed by atoms with Gasteiger partial charge in [-0.1, -0.05) is 118 Å². The Balaban J connectivity index is 8.22. The largest absolute Gasteiger partial charge is 0.168 e. The average molecular weight is 683 g/mol. The van der Waals surface area contributed by atoms with Gasteiger partial charge in [-0.15, -0.1) is 30.6 Å². The summed E-state index contributed by atoms with van der Waals surface area (Å²) in [4.78, 5) is 0.